The summed E-state index contributed by atoms with van der Waals surface area (Å²) >= 11 is 0. The molecule has 1 aliphatic rings. The number of aromatic amines is 1. The molecule has 5 rings (SSSR count). The maximum atomic E-state index is 12.2. The monoisotopic (exact) mass is 538 g/mol. The molecule has 0 unspecified atom stereocenters. The van der Waals surface area contributed by atoms with Gasteiger partial charge < -0.3 is 15.5 Å². The van der Waals surface area contributed by atoms with E-state index in [1.54, 1.807) is 17.4 Å². The highest BCUT2D eigenvalue weighted by molar-refractivity contribution is 5.90. The van der Waals surface area contributed by atoms with Crippen LogP contribution in [0.5, 0.6) is 5.75 Å². The molecule has 1 saturated heterocycles. The van der Waals surface area contributed by atoms with Crippen molar-refractivity contribution in [1.82, 2.24) is 19.8 Å². The minimum Gasteiger partial charge on any atom is -0.489 e. The van der Waals surface area contributed by atoms with Gasteiger partial charge in [0.25, 0.3) is 0 Å². The highest BCUT2D eigenvalue weighted by atomic mass is 16.5. The van der Waals surface area contributed by atoms with Gasteiger partial charge in [0.2, 0.25) is 0 Å². The highest BCUT2D eigenvalue weighted by Crippen LogP contribution is 2.20. The van der Waals surface area contributed by atoms with Crippen molar-refractivity contribution in [3.63, 3.8) is 0 Å². The molecule has 0 saturated carbocycles. The van der Waals surface area contributed by atoms with Crippen LogP contribution in [0.4, 0.5) is 10.5 Å². The molecule has 4 aromatic rings. The number of urea groups is 1. The van der Waals surface area contributed by atoms with Gasteiger partial charge in [-0.3, -0.25) is 14.7 Å². The number of nitrogens with one attached hydrogen (secondary N) is 1. The average molecular weight is 539 g/mol. The van der Waals surface area contributed by atoms with E-state index in [2.05, 4.69) is 68.3 Å². The number of benzene rings is 3. The number of anilines is 1. The quantitative estimate of drug-likeness (QED) is 0.286. The predicted molar refractivity (Wildman–Crippen MR) is 158 cm³/mol. The van der Waals surface area contributed by atoms with Crippen molar-refractivity contribution in [2.45, 2.75) is 32.5 Å². The van der Waals surface area contributed by atoms with Crippen LogP contribution in [0.15, 0.2) is 91.4 Å². The van der Waals surface area contributed by atoms with E-state index in [1.165, 1.54) is 16.7 Å². The number of H-pyrrole nitrogens is 1. The lowest BCUT2D eigenvalue weighted by atomic mass is 10.1. The predicted octanol–water partition coefficient (Wildman–Crippen LogP) is 4.82. The van der Waals surface area contributed by atoms with Gasteiger partial charge in [0, 0.05) is 56.7 Å². The first-order chi connectivity index (χ1) is 19.6. The zero-order valence-corrected chi connectivity index (χ0v) is 22.9. The first-order valence-electron chi connectivity index (χ1n) is 14.0. The van der Waals surface area contributed by atoms with Crippen molar-refractivity contribution in [3.8, 4) is 5.75 Å². The fourth-order valence-corrected chi connectivity index (χ4v) is 5.13. The van der Waals surface area contributed by atoms with Gasteiger partial charge in [-0.05, 0) is 60.5 Å². The summed E-state index contributed by atoms with van der Waals surface area (Å²) in [5, 5.41) is 0. The van der Waals surface area contributed by atoms with Gasteiger partial charge in [0.05, 0.1) is 6.33 Å². The van der Waals surface area contributed by atoms with E-state index < -0.39 is 6.03 Å². The smallest absolute Gasteiger partial charge is 0.319 e. The molecule has 3 aromatic carbocycles. The molecule has 0 radical (unpaired) electrons. The molecule has 2 heterocycles. The van der Waals surface area contributed by atoms with Gasteiger partial charge in [-0.1, -0.05) is 54.6 Å². The van der Waals surface area contributed by atoms with Gasteiger partial charge in [-0.25, -0.2) is 9.78 Å². The normalized spacial score (nSPS) is 14.5. The summed E-state index contributed by atoms with van der Waals surface area (Å²) < 4.78 is 5.94. The van der Waals surface area contributed by atoms with Crippen LogP contribution in [0.1, 0.15) is 28.8 Å². The third-order valence-corrected chi connectivity index (χ3v) is 7.31. The largest absolute Gasteiger partial charge is 0.489 e. The minimum atomic E-state index is -0.446. The van der Waals surface area contributed by atoms with Crippen molar-refractivity contribution < 1.29 is 9.53 Å². The summed E-state index contributed by atoms with van der Waals surface area (Å²) in [7, 11) is 0. The summed E-state index contributed by atoms with van der Waals surface area (Å²) in [6.07, 6.45) is 5.20. The lowest BCUT2D eigenvalue weighted by Crippen LogP contribution is -2.37. The molecule has 8 heteroatoms. The van der Waals surface area contributed by atoms with Gasteiger partial charge >= 0.3 is 6.03 Å². The zero-order chi connectivity index (χ0) is 27.6. The van der Waals surface area contributed by atoms with Crippen molar-refractivity contribution in [3.05, 3.63) is 114 Å². The van der Waals surface area contributed by atoms with Crippen LogP contribution in [0, 0.1) is 0 Å². The molecule has 208 valence electrons. The Morgan fingerprint density at radius 1 is 0.875 bits per heavy atom. The fourth-order valence-electron chi connectivity index (χ4n) is 5.13. The van der Waals surface area contributed by atoms with Gasteiger partial charge in [0.15, 0.2) is 0 Å². The third-order valence-electron chi connectivity index (χ3n) is 7.31. The minimum absolute atomic E-state index is 0.446. The second-order valence-corrected chi connectivity index (χ2v) is 10.3. The Kier molecular flexibility index (Phi) is 9.45. The van der Waals surface area contributed by atoms with E-state index >= 15 is 0 Å². The summed E-state index contributed by atoms with van der Waals surface area (Å²) in [5.41, 5.74) is 11.2. The summed E-state index contributed by atoms with van der Waals surface area (Å²) in [4.78, 5) is 26.0. The zero-order valence-electron chi connectivity index (χ0n) is 22.9. The molecule has 1 fully saturated rings. The maximum Gasteiger partial charge on any atom is 0.319 e. The van der Waals surface area contributed by atoms with E-state index in [9.17, 15) is 4.79 Å². The van der Waals surface area contributed by atoms with E-state index in [0.29, 0.717) is 19.6 Å². The number of aromatic nitrogens is 2. The number of primary amides is 1. The molecule has 0 atom stereocenters. The van der Waals surface area contributed by atoms with Crippen LogP contribution in [-0.4, -0.2) is 58.5 Å². The van der Waals surface area contributed by atoms with E-state index in [0.717, 1.165) is 62.8 Å². The Morgan fingerprint density at radius 3 is 2.30 bits per heavy atom. The van der Waals surface area contributed by atoms with Crippen molar-refractivity contribution in [2.24, 2.45) is 5.73 Å². The van der Waals surface area contributed by atoms with E-state index in [4.69, 9.17) is 10.5 Å². The Bertz CT molecular complexity index is 1330. The van der Waals surface area contributed by atoms with Crippen LogP contribution < -0.4 is 15.4 Å². The van der Waals surface area contributed by atoms with E-state index in [1.807, 2.05) is 30.3 Å². The first-order valence-corrected chi connectivity index (χ1v) is 14.0. The lowest BCUT2D eigenvalue weighted by Gasteiger charge is -2.24. The van der Waals surface area contributed by atoms with Gasteiger partial charge in [-0.2, -0.15) is 0 Å². The molecule has 8 nitrogen and oxygen atoms in total. The van der Waals surface area contributed by atoms with Crippen LogP contribution in [0.2, 0.25) is 0 Å². The maximum absolute atomic E-state index is 12.2. The lowest BCUT2D eigenvalue weighted by molar-refractivity contribution is 0.247. The fraction of sp³-hybridized carbons (Fsp3) is 0.312. The van der Waals surface area contributed by atoms with Crippen LogP contribution in [0.3, 0.4) is 0 Å². The topological polar surface area (TPSA) is 90.7 Å². The number of nitrogens with two attached hydrogens (primary N) is 1. The number of ether oxygens (including phenoxy) is 1. The Hall–Kier alpha value is -4.14. The third kappa shape index (κ3) is 7.94. The molecule has 1 aliphatic heterocycles. The number of hydrogen-bond donors (Lipinski definition) is 2. The second kappa shape index (κ2) is 13.8. The Labute approximate surface area is 236 Å². The number of nitrogens with zero attached hydrogens (tertiary/aromatic N) is 4. The molecule has 0 bridgehead atoms. The molecular weight excluding hydrogens is 500 g/mol. The Balaban J connectivity index is 1.11. The summed E-state index contributed by atoms with van der Waals surface area (Å²) in [6.45, 7) is 7.01. The molecule has 40 heavy (non-hydrogen) atoms. The number of rotatable bonds is 11. The molecule has 0 spiro atoms. The number of hydrogen-bond acceptors (Lipinski definition) is 5. The van der Waals surface area contributed by atoms with Crippen LogP contribution >= 0.6 is 0 Å². The number of carbonyl (C=O) groups is 1. The van der Waals surface area contributed by atoms with Crippen molar-refractivity contribution in [2.75, 3.05) is 37.6 Å². The summed E-state index contributed by atoms with van der Waals surface area (Å²) in [5.74, 6) is 0.896. The average Bonchev–Trinajstić information content (AvgIpc) is 3.40. The highest BCUT2D eigenvalue weighted by Gasteiger charge is 2.17. The van der Waals surface area contributed by atoms with Gasteiger partial charge in [-0.15, -0.1) is 0 Å². The molecule has 1 aromatic heterocycles. The molecule has 2 amide bonds. The SMILES string of the molecule is NC(=O)N(CCc1cnc[nH]1)c1cccc(CN2CCCN(Cc3ccc(OCc4ccccc4)cc3)CC2)c1. The molecular formula is C32H38N6O2. The van der Waals surface area contributed by atoms with Crippen LogP contribution in [-0.2, 0) is 26.1 Å². The number of imidazole rings is 1. The van der Waals surface area contributed by atoms with Crippen molar-refractivity contribution in [1.29, 1.82) is 0 Å². The van der Waals surface area contributed by atoms with E-state index in [-0.39, 0.29) is 0 Å². The second-order valence-electron chi connectivity index (χ2n) is 10.3. The Morgan fingerprint density at radius 2 is 1.60 bits per heavy atom. The summed E-state index contributed by atoms with van der Waals surface area (Å²) in [6, 6.07) is 26.4. The van der Waals surface area contributed by atoms with Crippen molar-refractivity contribution >= 4 is 11.7 Å². The molecule has 3 N–H and O–H groups in total. The number of amides is 2. The molecule has 0 aliphatic carbocycles. The van der Waals surface area contributed by atoms with Gasteiger partial charge in [0.1, 0.15) is 12.4 Å². The standard InChI is InChI=1S/C32H38N6O2/c33-32(39)38(17-14-29-21-34-25-35-29)30-9-4-8-28(20-30)23-37-16-5-15-36(18-19-37)22-26-10-12-31(13-11-26)40-24-27-6-2-1-3-7-27/h1-4,6-13,20-21,25H,5,14-19,22-24H2,(H2,33,39)(H,34,35). The van der Waals surface area contributed by atoms with Crippen LogP contribution in [0.25, 0.3) is 0 Å². The number of carbonyl (C=O) groups excluding carboxylic acids is 1. The first kappa shape index (κ1) is 27.4.